The van der Waals surface area contributed by atoms with Crippen LogP contribution in [0.15, 0.2) is 60.7 Å². The molecule has 0 unspecified atom stereocenters. The SMILES string of the molecule is COC(=O)c1c(F)cccc1-c1ccc(CNC(=O)c2ccc(C(=O)NCCSC(C)(C)C)cc2)c(F)c1. The highest BCUT2D eigenvalue weighted by Crippen LogP contribution is 2.28. The summed E-state index contributed by atoms with van der Waals surface area (Å²) in [4.78, 5) is 36.9. The summed E-state index contributed by atoms with van der Waals surface area (Å²) < 4.78 is 33.8. The largest absolute Gasteiger partial charge is 0.465 e. The molecule has 200 valence electrons. The molecule has 2 N–H and O–H groups in total. The van der Waals surface area contributed by atoms with E-state index in [2.05, 4.69) is 36.1 Å². The van der Waals surface area contributed by atoms with Crippen LogP contribution in [-0.2, 0) is 11.3 Å². The van der Waals surface area contributed by atoms with E-state index in [1.54, 1.807) is 30.0 Å². The zero-order valence-corrected chi connectivity index (χ0v) is 22.5. The summed E-state index contributed by atoms with van der Waals surface area (Å²) in [6.45, 7) is 6.79. The molecule has 0 radical (unpaired) electrons. The maximum atomic E-state index is 14.8. The van der Waals surface area contributed by atoms with E-state index in [4.69, 9.17) is 0 Å². The lowest BCUT2D eigenvalue weighted by Gasteiger charge is -2.17. The molecular formula is C29H30F2N2O4S. The number of ether oxygens (including phenoxy) is 1. The van der Waals surface area contributed by atoms with Crippen LogP contribution >= 0.6 is 11.8 Å². The first-order chi connectivity index (χ1) is 18.0. The second kappa shape index (κ2) is 12.7. The van der Waals surface area contributed by atoms with Gasteiger partial charge in [0, 0.05) is 40.3 Å². The van der Waals surface area contributed by atoms with Gasteiger partial charge in [0.15, 0.2) is 0 Å². The third-order valence-electron chi connectivity index (χ3n) is 5.54. The molecule has 0 aliphatic carbocycles. The molecule has 9 heteroatoms. The number of rotatable bonds is 9. The molecule has 0 aliphatic rings. The van der Waals surface area contributed by atoms with E-state index < -0.39 is 23.5 Å². The summed E-state index contributed by atoms with van der Waals surface area (Å²) in [5.41, 5.74) is 1.18. The molecule has 0 aromatic heterocycles. The van der Waals surface area contributed by atoms with Crippen LogP contribution in [0.3, 0.4) is 0 Å². The van der Waals surface area contributed by atoms with Crippen molar-refractivity contribution in [3.05, 3.63) is 94.6 Å². The van der Waals surface area contributed by atoms with E-state index >= 15 is 0 Å². The van der Waals surface area contributed by atoms with Gasteiger partial charge in [0.05, 0.1) is 7.11 Å². The van der Waals surface area contributed by atoms with E-state index in [0.29, 0.717) is 23.2 Å². The van der Waals surface area contributed by atoms with Crippen molar-refractivity contribution in [1.29, 1.82) is 0 Å². The minimum Gasteiger partial charge on any atom is -0.465 e. The Morgan fingerprint density at radius 3 is 2.08 bits per heavy atom. The summed E-state index contributed by atoms with van der Waals surface area (Å²) in [5, 5.41) is 5.51. The fourth-order valence-electron chi connectivity index (χ4n) is 3.61. The molecule has 2 amide bonds. The number of halogens is 2. The number of thioether (sulfide) groups is 1. The standard InChI is InChI=1S/C29H30F2N2O4S/c1-29(2,3)38-15-14-32-26(34)18-8-10-19(11-9-18)27(35)33-17-21-13-12-20(16-24(21)31)22-6-5-7-23(30)25(22)28(36)37-4/h5-13,16H,14-15,17H2,1-4H3,(H,32,34)(H,33,35). The summed E-state index contributed by atoms with van der Waals surface area (Å²) in [6.07, 6.45) is 0. The number of methoxy groups -OCH3 is 1. The van der Waals surface area contributed by atoms with Gasteiger partial charge in [-0.15, -0.1) is 0 Å². The molecule has 3 aromatic rings. The highest BCUT2D eigenvalue weighted by atomic mass is 32.2. The van der Waals surface area contributed by atoms with Crippen molar-refractivity contribution >= 4 is 29.5 Å². The van der Waals surface area contributed by atoms with Gasteiger partial charge in [-0.1, -0.05) is 45.0 Å². The molecule has 0 bridgehead atoms. The Balaban J connectivity index is 1.61. The van der Waals surface area contributed by atoms with Gasteiger partial charge >= 0.3 is 5.97 Å². The zero-order valence-electron chi connectivity index (χ0n) is 21.7. The van der Waals surface area contributed by atoms with Crippen molar-refractivity contribution in [2.45, 2.75) is 32.1 Å². The van der Waals surface area contributed by atoms with Crippen LogP contribution in [0, 0.1) is 11.6 Å². The molecule has 3 rings (SSSR count). The minimum atomic E-state index is -0.863. The molecule has 0 saturated heterocycles. The molecular weight excluding hydrogens is 510 g/mol. The molecule has 0 fully saturated rings. The van der Waals surface area contributed by atoms with Gasteiger partial charge in [0.2, 0.25) is 0 Å². The number of carbonyl (C=O) groups is 3. The predicted molar refractivity (Wildman–Crippen MR) is 145 cm³/mol. The van der Waals surface area contributed by atoms with Crippen LogP contribution in [0.5, 0.6) is 0 Å². The van der Waals surface area contributed by atoms with Crippen LogP contribution in [0.4, 0.5) is 8.78 Å². The van der Waals surface area contributed by atoms with Crippen molar-refractivity contribution in [3.8, 4) is 11.1 Å². The van der Waals surface area contributed by atoms with Crippen LogP contribution < -0.4 is 10.6 Å². The first-order valence-corrected chi connectivity index (χ1v) is 12.9. The highest BCUT2D eigenvalue weighted by molar-refractivity contribution is 8.00. The smallest absolute Gasteiger partial charge is 0.341 e. The lowest BCUT2D eigenvalue weighted by molar-refractivity contribution is 0.0596. The Labute approximate surface area is 225 Å². The van der Waals surface area contributed by atoms with E-state index in [1.165, 1.54) is 36.4 Å². The minimum absolute atomic E-state index is 0.0916. The average molecular weight is 541 g/mol. The Kier molecular flexibility index (Phi) is 9.63. The molecule has 0 aliphatic heterocycles. The normalized spacial score (nSPS) is 11.1. The molecule has 3 aromatic carbocycles. The quantitative estimate of drug-likeness (QED) is 0.272. The van der Waals surface area contributed by atoms with Gasteiger partial charge in [0.25, 0.3) is 11.8 Å². The fourth-order valence-corrected chi connectivity index (χ4v) is 4.42. The van der Waals surface area contributed by atoms with Crippen LogP contribution in [-0.4, -0.2) is 41.9 Å². The first kappa shape index (κ1) is 28.8. The highest BCUT2D eigenvalue weighted by Gasteiger charge is 2.19. The molecule has 0 saturated carbocycles. The third kappa shape index (κ3) is 7.64. The van der Waals surface area contributed by atoms with Crippen molar-refractivity contribution in [2.24, 2.45) is 0 Å². The molecule has 0 atom stereocenters. The van der Waals surface area contributed by atoms with E-state index in [1.807, 2.05) is 0 Å². The maximum Gasteiger partial charge on any atom is 0.341 e. The Hall–Kier alpha value is -3.72. The maximum absolute atomic E-state index is 14.8. The van der Waals surface area contributed by atoms with Gasteiger partial charge in [-0.25, -0.2) is 13.6 Å². The number of benzene rings is 3. The van der Waals surface area contributed by atoms with Gasteiger partial charge in [-0.05, 0) is 47.5 Å². The van der Waals surface area contributed by atoms with Crippen molar-refractivity contribution in [1.82, 2.24) is 10.6 Å². The topological polar surface area (TPSA) is 84.5 Å². The van der Waals surface area contributed by atoms with E-state index in [0.717, 1.165) is 18.9 Å². The second-order valence-corrected chi connectivity index (χ2v) is 11.4. The number of carbonyl (C=O) groups excluding carboxylic acids is 3. The predicted octanol–water partition coefficient (Wildman–Crippen LogP) is 5.61. The summed E-state index contributed by atoms with van der Waals surface area (Å²) in [7, 11) is 1.14. The molecule has 38 heavy (non-hydrogen) atoms. The zero-order chi connectivity index (χ0) is 27.9. The van der Waals surface area contributed by atoms with Gasteiger partial charge < -0.3 is 15.4 Å². The number of hydrogen-bond donors (Lipinski definition) is 2. The third-order valence-corrected chi connectivity index (χ3v) is 6.81. The van der Waals surface area contributed by atoms with Crippen LogP contribution in [0.1, 0.15) is 57.4 Å². The lowest BCUT2D eigenvalue weighted by atomic mass is 9.98. The van der Waals surface area contributed by atoms with E-state index in [-0.39, 0.29) is 33.9 Å². The monoisotopic (exact) mass is 540 g/mol. The lowest BCUT2D eigenvalue weighted by Crippen LogP contribution is -2.27. The summed E-state index contributed by atoms with van der Waals surface area (Å²) in [5.74, 6) is -2.11. The van der Waals surface area contributed by atoms with Crippen molar-refractivity contribution < 1.29 is 27.9 Å². The van der Waals surface area contributed by atoms with E-state index in [9.17, 15) is 23.2 Å². The van der Waals surface area contributed by atoms with Gasteiger partial charge in [-0.3, -0.25) is 9.59 Å². The van der Waals surface area contributed by atoms with Crippen LogP contribution in [0.25, 0.3) is 11.1 Å². The number of nitrogens with one attached hydrogen (secondary N) is 2. The van der Waals surface area contributed by atoms with Crippen LogP contribution in [0.2, 0.25) is 0 Å². The van der Waals surface area contributed by atoms with Gasteiger partial charge in [-0.2, -0.15) is 11.8 Å². The Morgan fingerprint density at radius 2 is 1.50 bits per heavy atom. The Bertz CT molecular complexity index is 1320. The second-order valence-electron chi connectivity index (χ2n) is 9.44. The molecule has 0 heterocycles. The number of esters is 1. The Morgan fingerprint density at radius 1 is 0.868 bits per heavy atom. The number of amides is 2. The van der Waals surface area contributed by atoms with Crippen molar-refractivity contribution in [3.63, 3.8) is 0 Å². The molecule has 6 nitrogen and oxygen atoms in total. The summed E-state index contributed by atoms with van der Waals surface area (Å²) in [6, 6.07) is 14.4. The number of hydrogen-bond acceptors (Lipinski definition) is 5. The fraction of sp³-hybridized carbons (Fsp3) is 0.276. The van der Waals surface area contributed by atoms with Gasteiger partial charge in [0.1, 0.15) is 17.2 Å². The summed E-state index contributed by atoms with van der Waals surface area (Å²) >= 11 is 1.76. The molecule has 0 spiro atoms. The average Bonchev–Trinajstić information content (AvgIpc) is 2.89. The van der Waals surface area contributed by atoms with Crippen molar-refractivity contribution in [2.75, 3.05) is 19.4 Å². The first-order valence-electron chi connectivity index (χ1n) is 12.0.